The average molecular weight is 212 g/mol. The van der Waals surface area contributed by atoms with E-state index in [0.29, 0.717) is 11.8 Å². The summed E-state index contributed by atoms with van der Waals surface area (Å²) in [5, 5.41) is 0. The first-order chi connectivity index (χ1) is 7.25. The zero-order valence-corrected chi connectivity index (χ0v) is 9.87. The van der Waals surface area contributed by atoms with Crippen LogP contribution in [0.5, 0.6) is 0 Å². The Kier molecular flexibility index (Phi) is 5.69. The molecule has 0 aromatic rings. The zero-order valence-electron chi connectivity index (χ0n) is 9.87. The van der Waals surface area contributed by atoms with Gasteiger partial charge in [0.15, 0.2) is 0 Å². The molecular weight excluding hydrogens is 188 g/mol. The molecule has 0 bridgehead atoms. The monoisotopic (exact) mass is 212 g/mol. The van der Waals surface area contributed by atoms with Gasteiger partial charge in [-0.1, -0.05) is 19.3 Å². The summed E-state index contributed by atoms with van der Waals surface area (Å²) in [7, 11) is 1.92. The van der Waals surface area contributed by atoms with Crippen molar-refractivity contribution in [2.45, 2.75) is 44.9 Å². The number of hydrogen-bond donors (Lipinski definition) is 1. The Morgan fingerprint density at radius 2 is 1.93 bits per heavy atom. The van der Waals surface area contributed by atoms with Crippen LogP contribution in [0.1, 0.15) is 44.9 Å². The van der Waals surface area contributed by atoms with Crippen LogP contribution >= 0.6 is 0 Å². The van der Waals surface area contributed by atoms with E-state index in [1.54, 1.807) is 0 Å². The number of amides is 1. The van der Waals surface area contributed by atoms with Crippen LogP contribution in [-0.4, -0.2) is 30.9 Å². The highest BCUT2D eigenvalue weighted by molar-refractivity contribution is 5.78. The number of rotatable bonds is 5. The lowest BCUT2D eigenvalue weighted by molar-refractivity contribution is -0.135. The molecule has 0 atom stereocenters. The first-order valence-corrected chi connectivity index (χ1v) is 6.20. The number of carbonyl (C=O) groups excluding carboxylic acids is 1. The van der Waals surface area contributed by atoms with Gasteiger partial charge in [-0.2, -0.15) is 0 Å². The maximum Gasteiger partial charge on any atom is 0.225 e. The van der Waals surface area contributed by atoms with Crippen molar-refractivity contribution in [2.24, 2.45) is 11.7 Å². The van der Waals surface area contributed by atoms with Gasteiger partial charge < -0.3 is 10.6 Å². The summed E-state index contributed by atoms with van der Waals surface area (Å²) in [6.45, 7) is 1.60. The summed E-state index contributed by atoms with van der Waals surface area (Å²) in [5.41, 5.74) is 5.43. The van der Waals surface area contributed by atoms with Crippen LogP contribution in [0.4, 0.5) is 0 Å². The third kappa shape index (κ3) is 4.20. The fourth-order valence-corrected chi connectivity index (χ4v) is 2.26. The quantitative estimate of drug-likeness (QED) is 0.706. The zero-order chi connectivity index (χ0) is 11.1. The molecule has 1 rings (SSSR count). The van der Waals surface area contributed by atoms with Crippen molar-refractivity contribution in [1.82, 2.24) is 4.90 Å². The Morgan fingerprint density at radius 1 is 1.27 bits per heavy atom. The topological polar surface area (TPSA) is 46.3 Å². The average Bonchev–Trinajstić information content (AvgIpc) is 2.29. The van der Waals surface area contributed by atoms with Crippen LogP contribution in [0.15, 0.2) is 0 Å². The molecule has 3 heteroatoms. The molecule has 0 unspecified atom stereocenters. The fraction of sp³-hybridized carbons (Fsp3) is 0.917. The molecule has 0 spiro atoms. The van der Waals surface area contributed by atoms with Crippen LogP contribution < -0.4 is 5.73 Å². The number of nitrogens with two attached hydrogens (primary N) is 1. The van der Waals surface area contributed by atoms with Crippen molar-refractivity contribution in [1.29, 1.82) is 0 Å². The molecule has 0 aliphatic heterocycles. The van der Waals surface area contributed by atoms with Crippen molar-refractivity contribution < 1.29 is 4.79 Å². The molecule has 0 radical (unpaired) electrons. The third-order valence-corrected chi connectivity index (χ3v) is 3.28. The molecule has 1 aliphatic carbocycles. The van der Waals surface area contributed by atoms with Crippen molar-refractivity contribution in [3.8, 4) is 0 Å². The van der Waals surface area contributed by atoms with E-state index in [9.17, 15) is 4.79 Å². The van der Waals surface area contributed by atoms with Gasteiger partial charge in [0.1, 0.15) is 0 Å². The SMILES string of the molecule is CN(CCCCN)C(=O)C1CCCCC1. The summed E-state index contributed by atoms with van der Waals surface area (Å²) in [6.07, 6.45) is 8.01. The van der Waals surface area contributed by atoms with Gasteiger partial charge >= 0.3 is 0 Å². The summed E-state index contributed by atoms with van der Waals surface area (Å²) in [4.78, 5) is 13.9. The fourth-order valence-electron chi connectivity index (χ4n) is 2.26. The van der Waals surface area contributed by atoms with Crippen LogP contribution in [-0.2, 0) is 4.79 Å². The van der Waals surface area contributed by atoms with Gasteiger partial charge in [0.25, 0.3) is 0 Å². The Labute approximate surface area is 93.0 Å². The van der Waals surface area contributed by atoms with E-state index in [0.717, 1.165) is 38.8 Å². The highest BCUT2D eigenvalue weighted by atomic mass is 16.2. The second kappa shape index (κ2) is 6.83. The van der Waals surface area contributed by atoms with Crippen molar-refractivity contribution in [3.63, 3.8) is 0 Å². The van der Waals surface area contributed by atoms with Crippen molar-refractivity contribution in [2.75, 3.05) is 20.1 Å². The molecule has 0 aromatic carbocycles. The Morgan fingerprint density at radius 3 is 2.53 bits per heavy atom. The molecule has 3 nitrogen and oxygen atoms in total. The maximum atomic E-state index is 12.0. The lowest BCUT2D eigenvalue weighted by Crippen LogP contribution is -2.34. The number of unbranched alkanes of at least 4 members (excludes halogenated alkanes) is 1. The molecule has 1 aliphatic rings. The van der Waals surface area contributed by atoms with E-state index in [-0.39, 0.29) is 0 Å². The van der Waals surface area contributed by atoms with Crippen LogP contribution in [0.2, 0.25) is 0 Å². The lowest BCUT2D eigenvalue weighted by atomic mass is 9.88. The Bertz CT molecular complexity index is 188. The van der Waals surface area contributed by atoms with Gasteiger partial charge in [0, 0.05) is 19.5 Å². The predicted octanol–water partition coefficient (Wildman–Crippen LogP) is 1.76. The molecule has 2 N–H and O–H groups in total. The molecule has 1 saturated carbocycles. The number of nitrogens with zero attached hydrogens (tertiary/aromatic N) is 1. The summed E-state index contributed by atoms with van der Waals surface area (Å²) in [5.74, 6) is 0.661. The van der Waals surface area contributed by atoms with Crippen LogP contribution in [0.25, 0.3) is 0 Å². The predicted molar refractivity (Wildman–Crippen MR) is 62.5 cm³/mol. The first-order valence-electron chi connectivity index (χ1n) is 6.20. The lowest BCUT2D eigenvalue weighted by Gasteiger charge is -2.26. The van der Waals surface area contributed by atoms with Crippen molar-refractivity contribution in [3.05, 3.63) is 0 Å². The standard InChI is InChI=1S/C12H24N2O/c1-14(10-6-5-9-13)12(15)11-7-3-2-4-8-11/h11H,2-10,13H2,1H3. The van der Waals surface area contributed by atoms with E-state index in [2.05, 4.69) is 0 Å². The van der Waals surface area contributed by atoms with E-state index in [1.807, 2.05) is 11.9 Å². The van der Waals surface area contributed by atoms with Gasteiger partial charge in [-0.25, -0.2) is 0 Å². The highest BCUT2D eigenvalue weighted by Gasteiger charge is 2.23. The number of hydrogen-bond acceptors (Lipinski definition) is 2. The largest absolute Gasteiger partial charge is 0.346 e. The van der Waals surface area contributed by atoms with Gasteiger partial charge in [-0.3, -0.25) is 4.79 Å². The number of carbonyl (C=O) groups is 1. The maximum absolute atomic E-state index is 12.0. The van der Waals surface area contributed by atoms with Gasteiger partial charge in [-0.15, -0.1) is 0 Å². The van der Waals surface area contributed by atoms with Gasteiger partial charge in [0.05, 0.1) is 0 Å². The Hall–Kier alpha value is -0.570. The smallest absolute Gasteiger partial charge is 0.225 e. The summed E-state index contributed by atoms with van der Waals surface area (Å²) in [6, 6.07) is 0. The molecular formula is C12H24N2O. The summed E-state index contributed by atoms with van der Waals surface area (Å²) >= 11 is 0. The second-order valence-electron chi connectivity index (χ2n) is 4.59. The van der Waals surface area contributed by atoms with Crippen molar-refractivity contribution >= 4 is 5.91 Å². The van der Waals surface area contributed by atoms with E-state index >= 15 is 0 Å². The minimum absolute atomic E-state index is 0.307. The molecule has 15 heavy (non-hydrogen) atoms. The van der Waals surface area contributed by atoms with E-state index < -0.39 is 0 Å². The van der Waals surface area contributed by atoms with Gasteiger partial charge in [-0.05, 0) is 32.2 Å². The normalized spacial score (nSPS) is 17.7. The second-order valence-corrected chi connectivity index (χ2v) is 4.59. The minimum Gasteiger partial charge on any atom is -0.346 e. The van der Waals surface area contributed by atoms with E-state index in [4.69, 9.17) is 5.73 Å². The van der Waals surface area contributed by atoms with Crippen LogP contribution in [0.3, 0.4) is 0 Å². The minimum atomic E-state index is 0.307. The van der Waals surface area contributed by atoms with Crippen LogP contribution in [0, 0.1) is 5.92 Å². The van der Waals surface area contributed by atoms with E-state index in [1.165, 1.54) is 19.3 Å². The molecule has 88 valence electrons. The molecule has 0 heterocycles. The molecule has 1 fully saturated rings. The molecule has 1 amide bonds. The Balaban J connectivity index is 2.24. The third-order valence-electron chi connectivity index (χ3n) is 3.28. The first kappa shape index (κ1) is 12.5. The summed E-state index contributed by atoms with van der Waals surface area (Å²) < 4.78 is 0. The highest BCUT2D eigenvalue weighted by Crippen LogP contribution is 2.25. The molecule has 0 saturated heterocycles. The van der Waals surface area contributed by atoms with Gasteiger partial charge in [0.2, 0.25) is 5.91 Å². The molecule has 0 aromatic heterocycles.